The first kappa shape index (κ1) is 19.6. The molecule has 2 atom stereocenters. The summed E-state index contributed by atoms with van der Waals surface area (Å²) in [6, 6.07) is 11.2. The van der Waals surface area contributed by atoms with Crippen LogP contribution in [0, 0.1) is 5.92 Å². The third kappa shape index (κ3) is 4.99. The van der Waals surface area contributed by atoms with E-state index in [2.05, 4.69) is 77.6 Å². The largest absolute Gasteiger partial charge is 0.304 e. The lowest BCUT2D eigenvalue weighted by atomic mass is 9.92. The summed E-state index contributed by atoms with van der Waals surface area (Å²) in [5.74, 6) is 1.79. The first-order chi connectivity index (χ1) is 13.1. The fourth-order valence-electron chi connectivity index (χ4n) is 3.12. The molecule has 0 fully saturated rings. The van der Waals surface area contributed by atoms with Crippen molar-refractivity contribution in [3.05, 3.63) is 64.9 Å². The molecule has 27 heavy (non-hydrogen) atoms. The van der Waals surface area contributed by atoms with E-state index in [0.717, 1.165) is 17.2 Å². The summed E-state index contributed by atoms with van der Waals surface area (Å²) in [6.07, 6.45) is 4.67. The summed E-state index contributed by atoms with van der Waals surface area (Å²) in [6.45, 7) is 9.76. The van der Waals surface area contributed by atoms with Gasteiger partial charge in [0.25, 0.3) is 0 Å². The molecule has 142 valence electrons. The highest BCUT2D eigenvalue weighted by Crippen LogP contribution is 2.26. The van der Waals surface area contributed by atoms with E-state index in [9.17, 15) is 0 Å². The normalized spacial score (nSPS) is 13.7. The number of benzene rings is 1. The Balaban J connectivity index is 1.68. The van der Waals surface area contributed by atoms with Gasteiger partial charge >= 0.3 is 0 Å². The molecule has 4 nitrogen and oxygen atoms in total. The average molecular weight is 381 g/mol. The molecule has 5 heteroatoms. The van der Waals surface area contributed by atoms with Gasteiger partial charge in [-0.05, 0) is 35.4 Å². The van der Waals surface area contributed by atoms with Crippen molar-refractivity contribution in [2.24, 2.45) is 5.92 Å². The number of hydrogen-bond acceptors (Lipinski definition) is 5. The summed E-state index contributed by atoms with van der Waals surface area (Å²) < 4.78 is 0. The molecule has 0 amide bonds. The molecule has 2 heterocycles. The molecule has 0 saturated carbocycles. The molecule has 2 unspecified atom stereocenters. The number of nitrogens with zero attached hydrogens (tertiary/aromatic N) is 3. The van der Waals surface area contributed by atoms with Crippen LogP contribution in [0.25, 0.3) is 10.8 Å². The number of nitrogens with one attached hydrogen (secondary N) is 1. The second-order valence-electron chi connectivity index (χ2n) is 7.29. The molecular formula is C22H28N4S. The lowest BCUT2D eigenvalue weighted by Gasteiger charge is -2.23. The Kier molecular flexibility index (Phi) is 6.69. The minimum absolute atomic E-state index is 0.300. The summed E-state index contributed by atoms with van der Waals surface area (Å²) in [4.78, 5) is 13.2. The van der Waals surface area contributed by atoms with Gasteiger partial charge in [0, 0.05) is 30.4 Å². The fourth-order valence-corrected chi connectivity index (χ4v) is 3.89. The zero-order valence-corrected chi connectivity index (χ0v) is 17.3. The molecule has 0 aliphatic carbocycles. The minimum atomic E-state index is 0.300. The van der Waals surface area contributed by atoms with Crippen molar-refractivity contribution in [1.29, 1.82) is 0 Å². The van der Waals surface area contributed by atoms with Crippen LogP contribution in [0.15, 0.2) is 48.1 Å². The van der Waals surface area contributed by atoms with Crippen molar-refractivity contribution in [3.63, 3.8) is 0 Å². The average Bonchev–Trinajstić information content (AvgIpc) is 3.17. The number of rotatable bonds is 8. The van der Waals surface area contributed by atoms with Crippen LogP contribution in [-0.4, -0.2) is 15.0 Å². The Hall–Kier alpha value is -2.11. The predicted octanol–water partition coefficient (Wildman–Crippen LogP) is 5.60. The van der Waals surface area contributed by atoms with Crippen molar-refractivity contribution in [2.75, 3.05) is 0 Å². The van der Waals surface area contributed by atoms with Crippen LogP contribution in [0.5, 0.6) is 0 Å². The third-order valence-corrected chi connectivity index (χ3v) is 5.84. The van der Waals surface area contributed by atoms with Gasteiger partial charge < -0.3 is 5.32 Å². The van der Waals surface area contributed by atoms with Crippen LogP contribution in [-0.2, 0) is 6.54 Å². The van der Waals surface area contributed by atoms with Crippen LogP contribution >= 0.6 is 11.3 Å². The molecule has 0 spiro atoms. The number of thiazole rings is 1. The van der Waals surface area contributed by atoms with Gasteiger partial charge in [0.1, 0.15) is 0 Å². The van der Waals surface area contributed by atoms with Gasteiger partial charge in [0.2, 0.25) is 0 Å². The Labute approximate surface area is 166 Å². The smallest absolute Gasteiger partial charge is 0.188 e. The van der Waals surface area contributed by atoms with Crippen LogP contribution in [0.1, 0.15) is 62.9 Å². The standard InChI is InChI=1S/C22H28N4S/c1-5-16(4)17-7-9-18(10-8-17)20(15(2)3)25-13-19-14-27-22(26-19)21-23-11-6-12-24-21/h6-12,14-16,20,25H,5,13H2,1-4H3. The molecule has 0 aliphatic rings. The molecule has 3 rings (SSSR count). The van der Waals surface area contributed by atoms with Crippen LogP contribution < -0.4 is 5.32 Å². The quantitative estimate of drug-likeness (QED) is 0.552. The van der Waals surface area contributed by atoms with Gasteiger partial charge in [-0.2, -0.15) is 0 Å². The van der Waals surface area contributed by atoms with E-state index in [1.165, 1.54) is 17.5 Å². The van der Waals surface area contributed by atoms with Crippen molar-refractivity contribution < 1.29 is 0 Å². The topological polar surface area (TPSA) is 50.7 Å². The number of hydrogen-bond donors (Lipinski definition) is 1. The Morgan fingerprint density at radius 3 is 2.30 bits per heavy atom. The maximum atomic E-state index is 4.68. The van der Waals surface area contributed by atoms with Crippen molar-refractivity contribution in [1.82, 2.24) is 20.3 Å². The molecule has 0 radical (unpaired) electrons. The SMILES string of the molecule is CCC(C)c1ccc(C(NCc2csc(-c3ncccn3)n2)C(C)C)cc1. The molecule has 2 aromatic heterocycles. The van der Waals surface area contributed by atoms with Crippen molar-refractivity contribution >= 4 is 11.3 Å². The second kappa shape index (κ2) is 9.20. The first-order valence-electron chi connectivity index (χ1n) is 9.63. The zero-order valence-electron chi connectivity index (χ0n) is 16.5. The molecular weight excluding hydrogens is 352 g/mol. The van der Waals surface area contributed by atoms with E-state index in [1.54, 1.807) is 23.7 Å². The zero-order chi connectivity index (χ0) is 19.2. The van der Waals surface area contributed by atoms with E-state index in [-0.39, 0.29) is 0 Å². The number of aromatic nitrogens is 3. The van der Waals surface area contributed by atoms with Gasteiger partial charge in [-0.15, -0.1) is 11.3 Å². The molecule has 1 aromatic carbocycles. The van der Waals surface area contributed by atoms with E-state index < -0.39 is 0 Å². The monoisotopic (exact) mass is 380 g/mol. The van der Waals surface area contributed by atoms with E-state index in [1.807, 2.05) is 6.07 Å². The van der Waals surface area contributed by atoms with Crippen LogP contribution in [0.3, 0.4) is 0 Å². The summed E-state index contributed by atoms with van der Waals surface area (Å²) in [5.41, 5.74) is 3.78. The highest BCUT2D eigenvalue weighted by Gasteiger charge is 2.17. The highest BCUT2D eigenvalue weighted by atomic mass is 32.1. The lowest BCUT2D eigenvalue weighted by molar-refractivity contribution is 0.409. The highest BCUT2D eigenvalue weighted by molar-refractivity contribution is 7.13. The second-order valence-corrected chi connectivity index (χ2v) is 8.15. The first-order valence-corrected chi connectivity index (χ1v) is 10.5. The molecule has 1 N–H and O–H groups in total. The summed E-state index contributed by atoms with van der Waals surface area (Å²) in [7, 11) is 0. The third-order valence-electron chi connectivity index (χ3n) is 4.96. The van der Waals surface area contributed by atoms with E-state index in [4.69, 9.17) is 0 Å². The van der Waals surface area contributed by atoms with E-state index in [0.29, 0.717) is 23.7 Å². The molecule has 3 aromatic rings. The van der Waals surface area contributed by atoms with Crippen molar-refractivity contribution in [3.8, 4) is 10.8 Å². The summed E-state index contributed by atoms with van der Waals surface area (Å²) >= 11 is 1.59. The van der Waals surface area contributed by atoms with Gasteiger partial charge in [-0.25, -0.2) is 15.0 Å². The van der Waals surface area contributed by atoms with Crippen LogP contribution in [0.4, 0.5) is 0 Å². The maximum absolute atomic E-state index is 4.68. The maximum Gasteiger partial charge on any atom is 0.188 e. The Bertz CT molecular complexity index is 827. The van der Waals surface area contributed by atoms with Crippen molar-refractivity contribution in [2.45, 2.75) is 52.6 Å². The molecule has 0 saturated heterocycles. The molecule has 0 bridgehead atoms. The molecule has 0 aliphatic heterocycles. The minimum Gasteiger partial charge on any atom is -0.304 e. The van der Waals surface area contributed by atoms with Gasteiger partial charge in [-0.1, -0.05) is 52.0 Å². The van der Waals surface area contributed by atoms with E-state index >= 15 is 0 Å². The van der Waals surface area contributed by atoms with Gasteiger partial charge in [0.05, 0.1) is 5.69 Å². The predicted molar refractivity (Wildman–Crippen MR) is 113 cm³/mol. The van der Waals surface area contributed by atoms with Gasteiger partial charge in [-0.3, -0.25) is 0 Å². The lowest BCUT2D eigenvalue weighted by Crippen LogP contribution is -2.25. The Morgan fingerprint density at radius 1 is 1.00 bits per heavy atom. The Morgan fingerprint density at radius 2 is 1.67 bits per heavy atom. The fraction of sp³-hybridized carbons (Fsp3) is 0.409. The van der Waals surface area contributed by atoms with Crippen LogP contribution in [0.2, 0.25) is 0 Å². The summed E-state index contributed by atoms with van der Waals surface area (Å²) in [5, 5.41) is 6.64. The van der Waals surface area contributed by atoms with Gasteiger partial charge in [0.15, 0.2) is 10.8 Å².